The number of halogens is 1. The van der Waals surface area contributed by atoms with Gasteiger partial charge in [0.1, 0.15) is 0 Å². The van der Waals surface area contributed by atoms with E-state index in [1.807, 2.05) is 12.4 Å². The van der Waals surface area contributed by atoms with Crippen molar-refractivity contribution in [1.82, 2.24) is 8.96 Å². The normalized spacial score (nSPS) is 10.8. The van der Waals surface area contributed by atoms with Crippen LogP contribution in [0.3, 0.4) is 0 Å². The van der Waals surface area contributed by atoms with Crippen molar-refractivity contribution in [3.63, 3.8) is 0 Å². The molecule has 0 aliphatic heterocycles. The number of nitrogens with zero attached hydrogens (tertiary/aromatic N) is 2. The molecule has 0 N–H and O–H groups in total. The van der Waals surface area contributed by atoms with Gasteiger partial charge >= 0.3 is 0 Å². The minimum absolute atomic E-state index is 1.04. The highest BCUT2D eigenvalue weighted by atomic mass is 127. The maximum atomic E-state index is 4.35. The van der Waals surface area contributed by atoms with Crippen LogP contribution in [0.25, 0.3) is 11.0 Å². The summed E-state index contributed by atoms with van der Waals surface area (Å²) < 4.78 is 2.05. The van der Waals surface area contributed by atoms with Gasteiger partial charge in [0.25, 0.3) is 0 Å². The first-order chi connectivity index (χ1) is 5.81. The Morgan fingerprint density at radius 3 is 3.17 bits per heavy atom. The monoisotopic (exact) mass is 290 g/mol. The van der Waals surface area contributed by atoms with E-state index >= 15 is 0 Å². The Kier molecular flexibility index (Phi) is 2.27. The number of fused-ring (bicyclic) bond motifs is 1. The van der Waals surface area contributed by atoms with Gasteiger partial charge in [-0.15, -0.1) is 0 Å². The van der Waals surface area contributed by atoms with Crippen molar-refractivity contribution in [3.8, 4) is 0 Å². The second-order valence-electron chi connectivity index (χ2n) is 2.64. The van der Waals surface area contributed by atoms with Crippen molar-refractivity contribution in [1.29, 1.82) is 0 Å². The Balaban J connectivity index is 2.73. The molecule has 2 aromatic heterocycles. The molecule has 12 heavy (non-hydrogen) atoms. The molecule has 2 heterocycles. The first-order valence-corrected chi connectivity index (χ1v) is 6.85. The van der Waals surface area contributed by atoms with Gasteiger partial charge in [-0.05, 0) is 24.6 Å². The minimum Gasteiger partial charge on any atom is -0.266 e. The predicted octanol–water partition coefficient (Wildman–Crippen LogP) is 3.19. The van der Waals surface area contributed by atoms with Gasteiger partial charge in [-0.2, -0.15) is 0 Å². The maximum absolute atomic E-state index is 4.35. The molecule has 0 aliphatic rings. The van der Waals surface area contributed by atoms with Crippen LogP contribution in [0.15, 0.2) is 24.5 Å². The number of pyridine rings is 1. The third kappa shape index (κ3) is 1.33. The van der Waals surface area contributed by atoms with Crippen molar-refractivity contribution in [2.75, 3.05) is 0 Å². The molecule has 0 aliphatic carbocycles. The Bertz CT molecular complexity index is 410. The van der Waals surface area contributed by atoms with E-state index in [-0.39, 0.29) is 0 Å². The molecule has 0 atom stereocenters. The average molecular weight is 290 g/mol. The van der Waals surface area contributed by atoms with Crippen LogP contribution in [0.4, 0.5) is 0 Å². The van der Waals surface area contributed by atoms with E-state index in [0.29, 0.717) is 0 Å². The number of hydrogen-bond acceptors (Lipinski definition) is 2. The largest absolute Gasteiger partial charge is 0.266 e. The molecule has 4 heteroatoms. The molecule has 0 spiro atoms. The second-order valence-corrected chi connectivity index (χ2v) is 4.35. The van der Waals surface area contributed by atoms with Crippen LogP contribution >= 0.6 is 30.3 Å². The summed E-state index contributed by atoms with van der Waals surface area (Å²) in [4.78, 5) is 4.35. The second kappa shape index (κ2) is 3.26. The summed E-state index contributed by atoms with van der Waals surface area (Å²) in [6.07, 6.45) is 3.93. The first-order valence-electron chi connectivity index (χ1n) is 3.54. The predicted molar refractivity (Wildman–Crippen MR) is 61.5 cm³/mol. The molecule has 0 unspecified atom stereocenters. The van der Waals surface area contributed by atoms with Gasteiger partial charge in [-0.25, -0.2) is 4.98 Å². The SMILES string of the molecule is Cc1cnc2c(ccn2SI)c1. The lowest BCUT2D eigenvalue weighted by atomic mass is 10.2. The summed E-state index contributed by atoms with van der Waals surface area (Å²) in [5.74, 6) is 0. The number of aromatic nitrogens is 2. The molecule has 0 amide bonds. The van der Waals surface area contributed by atoms with Crippen LogP contribution < -0.4 is 0 Å². The van der Waals surface area contributed by atoms with Gasteiger partial charge in [0.05, 0.1) is 0 Å². The summed E-state index contributed by atoms with van der Waals surface area (Å²) >= 11 is 2.25. The molecule has 2 aromatic rings. The van der Waals surface area contributed by atoms with Crippen LogP contribution in [-0.2, 0) is 0 Å². The van der Waals surface area contributed by atoms with Crippen molar-refractivity contribution in [2.24, 2.45) is 0 Å². The molecule has 2 rings (SSSR count). The van der Waals surface area contributed by atoms with Gasteiger partial charge in [0.15, 0.2) is 5.65 Å². The van der Waals surface area contributed by atoms with Crippen molar-refractivity contribution < 1.29 is 0 Å². The highest BCUT2D eigenvalue weighted by Crippen LogP contribution is 2.23. The molecule has 0 saturated carbocycles. The quantitative estimate of drug-likeness (QED) is 0.751. The molecule has 62 valence electrons. The maximum Gasteiger partial charge on any atom is 0.150 e. The van der Waals surface area contributed by atoms with Gasteiger partial charge in [-0.3, -0.25) is 3.97 Å². The zero-order valence-corrected chi connectivity index (χ0v) is 9.46. The Morgan fingerprint density at radius 1 is 1.58 bits per heavy atom. The fraction of sp³-hybridized carbons (Fsp3) is 0.125. The zero-order chi connectivity index (χ0) is 8.55. The summed E-state index contributed by atoms with van der Waals surface area (Å²) in [6.45, 7) is 2.06. The average Bonchev–Trinajstić information content (AvgIpc) is 2.46. The summed E-state index contributed by atoms with van der Waals surface area (Å²) in [5, 5.41) is 1.21. The standard InChI is InChI=1S/C8H7IN2S/c1-6-4-7-2-3-11(12-9)8(7)10-5-6/h2-5H,1H3. The Labute approximate surface area is 87.1 Å². The van der Waals surface area contributed by atoms with E-state index in [9.17, 15) is 0 Å². The van der Waals surface area contributed by atoms with E-state index in [4.69, 9.17) is 0 Å². The van der Waals surface area contributed by atoms with E-state index < -0.39 is 0 Å². The smallest absolute Gasteiger partial charge is 0.150 e. The highest BCUT2D eigenvalue weighted by molar-refractivity contribution is 14.2. The van der Waals surface area contributed by atoms with Crippen LogP contribution in [0.2, 0.25) is 0 Å². The zero-order valence-electron chi connectivity index (χ0n) is 6.49. The van der Waals surface area contributed by atoms with Gasteiger partial charge in [-0.1, -0.05) is 0 Å². The van der Waals surface area contributed by atoms with Crippen molar-refractivity contribution >= 4 is 41.4 Å². The van der Waals surface area contributed by atoms with Crippen LogP contribution in [0.1, 0.15) is 5.56 Å². The molecule has 0 aromatic carbocycles. The lowest BCUT2D eigenvalue weighted by Crippen LogP contribution is -1.83. The third-order valence-electron chi connectivity index (χ3n) is 1.70. The fourth-order valence-electron chi connectivity index (χ4n) is 1.17. The van der Waals surface area contributed by atoms with Gasteiger partial charge in [0.2, 0.25) is 0 Å². The number of hydrogen-bond donors (Lipinski definition) is 0. The Hall–Kier alpha value is -0.230. The van der Waals surface area contributed by atoms with E-state index in [1.54, 1.807) is 9.12 Å². The van der Waals surface area contributed by atoms with Crippen molar-refractivity contribution in [2.45, 2.75) is 6.92 Å². The summed E-state index contributed by atoms with van der Waals surface area (Å²) in [5.41, 5.74) is 2.25. The van der Waals surface area contributed by atoms with Crippen LogP contribution in [0.5, 0.6) is 0 Å². The summed E-state index contributed by atoms with van der Waals surface area (Å²) in [7, 11) is 1.63. The van der Waals surface area contributed by atoms with Crippen molar-refractivity contribution in [3.05, 3.63) is 30.1 Å². The lowest BCUT2D eigenvalue weighted by molar-refractivity contribution is 1.25. The molecular weight excluding hydrogens is 283 g/mol. The topological polar surface area (TPSA) is 17.8 Å². The van der Waals surface area contributed by atoms with E-state index in [0.717, 1.165) is 5.65 Å². The van der Waals surface area contributed by atoms with Crippen LogP contribution in [-0.4, -0.2) is 8.96 Å². The molecule has 2 nitrogen and oxygen atoms in total. The molecule has 0 radical (unpaired) electrons. The molecule has 0 bridgehead atoms. The lowest BCUT2D eigenvalue weighted by Gasteiger charge is -1.96. The molecule has 0 saturated heterocycles. The third-order valence-corrected chi connectivity index (χ3v) is 3.42. The summed E-state index contributed by atoms with van der Waals surface area (Å²) in [6, 6.07) is 4.23. The minimum atomic E-state index is 1.04. The first kappa shape index (κ1) is 8.37. The number of aryl methyl sites for hydroxylation is 1. The fourth-order valence-corrected chi connectivity index (χ4v) is 2.44. The highest BCUT2D eigenvalue weighted by Gasteiger charge is 2.00. The molecule has 0 fully saturated rings. The Morgan fingerprint density at radius 2 is 2.42 bits per heavy atom. The molecular formula is C8H7IN2S. The van der Waals surface area contributed by atoms with E-state index in [2.05, 4.69) is 49.2 Å². The number of rotatable bonds is 1. The van der Waals surface area contributed by atoms with Gasteiger partial charge in [0, 0.05) is 48.1 Å². The van der Waals surface area contributed by atoms with Crippen LogP contribution in [0, 0.1) is 6.92 Å². The van der Waals surface area contributed by atoms with Gasteiger partial charge < -0.3 is 0 Å². The van der Waals surface area contributed by atoms with E-state index in [1.165, 1.54) is 10.9 Å².